The van der Waals surface area contributed by atoms with E-state index < -0.39 is 15.7 Å². The Morgan fingerprint density at radius 3 is 2.07 bits per heavy atom. The van der Waals surface area contributed by atoms with Crippen molar-refractivity contribution in [2.24, 2.45) is 0 Å². The number of benzene rings is 2. The Hall–Kier alpha value is -1.38. The van der Waals surface area contributed by atoms with Gasteiger partial charge in [0.2, 0.25) is 10.0 Å². The molecule has 0 saturated carbocycles. The Morgan fingerprint density at radius 1 is 0.893 bits per heavy atom. The number of aryl methyl sites for hydroxylation is 2. The molecule has 0 atom stereocenters. The first-order chi connectivity index (χ1) is 13.4. The average molecular weight is 419 g/mol. The van der Waals surface area contributed by atoms with Gasteiger partial charge in [-0.1, -0.05) is 35.4 Å². The van der Waals surface area contributed by atoms with E-state index in [1.54, 1.807) is 28.4 Å². The van der Waals surface area contributed by atoms with Gasteiger partial charge in [0.1, 0.15) is 5.72 Å². The molecule has 1 spiro atoms. The summed E-state index contributed by atoms with van der Waals surface area (Å²) in [7, 11) is -3.56. The number of hydrogen-bond acceptors (Lipinski definition) is 5. The third-order valence-electron chi connectivity index (χ3n) is 5.49. The number of piperidine rings is 1. The summed E-state index contributed by atoms with van der Waals surface area (Å²) in [6.07, 6.45) is 1.36. The van der Waals surface area contributed by atoms with Gasteiger partial charge in [-0.05, 0) is 50.1 Å². The summed E-state index contributed by atoms with van der Waals surface area (Å²) in [5.74, 6) is 0. The van der Waals surface area contributed by atoms with Crippen LogP contribution in [0.25, 0.3) is 0 Å². The second kappa shape index (κ2) is 7.80. The molecule has 0 amide bonds. The molecule has 4 rings (SSSR count). The third-order valence-corrected chi connectivity index (χ3v) is 8.56. The number of rotatable bonds is 4. The quantitative estimate of drug-likeness (QED) is 0.707. The van der Waals surface area contributed by atoms with Crippen LogP contribution in [0.5, 0.6) is 0 Å². The highest BCUT2D eigenvalue weighted by Gasteiger charge is 2.50. The van der Waals surface area contributed by atoms with E-state index in [9.17, 15) is 8.42 Å². The van der Waals surface area contributed by atoms with Crippen LogP contribution in [0.3, 0.4) is 0 Å². The fourth-order valence-corrected chi connectivity index (χ4v) is 6.48. The SMILES string of the molecule is Cc1ccc(SN2CCC3(CC2)OCCN3S(=O)(=O)c2ccc(C)cc2)cc1. The van der Waals surface area contributed by atoms with Crippen LogP contribution in [0.2, 0.25) is 0 Å². The van der Waals surface area contributed by atoms with Gasteiger partial charge >= 0.3 is 0 Å². The lowest BCUT2D eigenvalue weighted by Gasteiger charge is -2.42. The molecule has 2 saturated heterocycles. The van der Waals surface area contributed by atoms with Crippen LogP contribution in [0.1, 0.15) is 24.0 Å². The highest BCUT2D eigenvalue weighted by Crippen LogP contribution is 2.40. The van der Waals surface area contributed by atoms with Gasteiger partial charge < -0.3 is 4.74 Å². The maximum Gasteiger partial charge on any atom is 0.245 e. The van der Waals surface area contributed by atoms with E-state index in [1.165, 1.54) is 10.5 Å². The standard InChI is InChI=1S/C21H26N2O3S2/c1-17-3-7-19(8-4-17)27-22-13-11-21(12-14-22)23(15-16-26-21)28(24,25)20-9-5-18(2)6-10-20/h3-10H,11-16H2,1-2H3. The van der Waals surface area contributed by atoms with E-state index in [2.05, 4.69) is 35.5 Å². The number of sulfonamides is 1. The Kier molecular flexibility index (Phi) is 5.55. The topological polar surface area (TPSA) is 49.9 Å². The summed E-state index contributed by atoms with van der Waals surface area (Å²) in [6, 6.07) is 15.6. The molecule has 0 aromatic heterocycles. The van der Waals surface area contributed by atoms with Crippen LogP contribution < -0.4 is 0 Å². The van der Waals surface area contributed by atoms with E-state index in [1.807, 2.05) is 19.1 Å². The summed E-state index contributed by atoms with van der Waals surface area (Å²) in [5, 5.41) is 0. The summed E-state index contributed by atoms with van der Waals surface area (Å²) in [5.41, 5.74) is 1.58. The second-order valence-corrected chi connectivity index (χ2v) is 10.6. The molecule has 0 bridgehead atoms. The molecule has 28 heavy (non-hydrogen) atoms. The molecule has 0 N–H and O–H groups in total. The molecule has 0 unspecified atom stereocenters. The first kappa shape index (κ1) is 19.9. The minimum absolute atomic E-state index is 0.347. The van der Waals surface area contributed by atoms with E-state index in [4.69, 9.17) is 4.74 Å². The van der Waals surface area contributed by atoms with Gasteiger partial charge in [0, 0.05) is 37.4 Å². The predicted octanol–water partition coefficient (Wildman–Crippen LogP) is 3.82. The van der Waals surface area contributed by atoms with E-state index in [-0.39, 0.29) is 0 Å². The van der Waals surface area contributed by atoms with Crippen LogP contribution >= 0.6 is 11.9 Å². The predicted molar refractivity (Wildman–Crippen MR) is 112 cm³/mol. The maximum absolute atomic E-state index is 13.3. The largest absolute Gasteiger partial charge is 0.358 e. The molecule has 5 nitrogen and oxygen atoms in total. The van der Waals surface area contributed by atoms with E-state index >= 15 is 0 Å². The van der Waals surface area contributed by atoms with Crippen molar-refractivity contribution >= 4 is 22.0 Å². The first-order valence-electron chi connectivity index (χ1n) is 9.62. The summed E-state index contributed by atoms with van der Waals surface area (Å²) in [6.45, 7) is 6.49. The minimum atomic E-state index is -3.56. The van der Waals surface area contributed by atoms with Crippen molar-refractivity contribution in [3.63, 3.8) is 0 Å². The lowest BCUT2D eigenvalue weighted by atomic mass is 10.0. The van der Waals surface area contributed by atoms with E-state index in [0.717, 1.165) is 18.7 Å². The Bertz CT molecular complexity index is 919. The van der Waals surface area contributed by atoms with Crippen molar-refractivity contribution in [3.8, 4) is 0 Å². The summed E-state index contributed by atoms with van der Waals surface area (Å²) >= 11 is 1.73. The number of hydrogen-bond donors (Lipinski definition) is 0. The Balaban J connectivity index is 1.47. The molecule has 2 heterocycles. The third kappa shape index (κ3) is 3.86. The van der Waals surface area contributed by atoms with Gasteiger partial charge in [-0.15, -0.1) is 0 Å². The maximum atomic E-state index is 13.3. The number of nitrogens with zero attached hydrogens (tertiary/aromatic N) is 2. The number of ether oxygens (including phenoxy) is 1. The molecule has 2 aromatic rings. The van der Waals surface area contributed by atoms with Crippen LogP contribution in [0.4, 0.5) is 0 Å². The molecule has 2 aliphatic rings. The highest BCUT2D eigenvalue weighted by atomic mass is 32.2. The van der Waals surface area contributed by atoms with Gasteiger partial charge in [0.05, 0.1) is 11.5 Å². The second-order valence-electron chi connectivity index (χ2n) is 7.52. The zero-order valence-corrected chi connectivity index (χ0v) is 17.9. The lowest BCUT2D eigenvalue weighted by molar-refractivity contribution is -0.0797. The molecular formula is C21H26N2O3S2. The first-order valence-corrected chi connectivity index (χ1v) is 11.8. The summed E-state index contributed by atoms with van der Waals surface area (Å²) < 4.78 is 36.4. The fourth-order valence-electron chi connectivity index (χ4n) is 3.84. The van der Waals surface area contributed by atoms with E-state index in [0.29, 0.717) is 30.9 Å². The van der Waals surface area contributed by atoms with Crippen LogP contribution in [0, 0.1) is 13.8 Å². The smallest absolute Gasteiger partial charge is 0.245 e. The fraction of sp³-hybridized carbons (Fsp3) is 0.429. The monoisotopic (exact) mass is 418 g/mol. The van der Waals surface area contributed by atoms with Gasteiger partial charge in [0.25, 0.3) is 0 Å². The van der Waals surface area contributed by atoms with Crippen molar-refractivity contribution in [2.75, 3.05) is 26.2 Å². The molecular weight excluding hydrogens is 392 g/mol. The molecule has 2 fully saturated rings. The zero-order chi connectivity index (χ0) is 19.8. The molecule has 0 radical (unpaired) electrons. The van der Waals surface area contributed by atoms with Crippen molar-refractivity contribution in [3.05, 3.63) is 59.7 Å². The van der Waals surface area contributed by atoms with Crippen molar-refractivity contribution < 1.29 is 13.2 Å². The molecule has 7 heteroatoms. The molecule has 150 valence electrons. The Morgan fingerprint density at radius 2 is 1.46 bits per heavy atom. The van der Waals surface area contributed by atoms with Crippen molar-refractivity contribution in [1.29, 1.82) is 0 Å². The zero-order valence-electron chi connectivity index (χ0n) is 16.3. The van der Waals surface area contributed by atoms with Gasteiger partial charge in [-0.2, -0.15) is 4.31 Å². The molecule has 2 aromatic carbocycles. The van der Waals surface area contributed by atoms with Gasteiger partial charge in [-0.25, -0.2) is 12.7 Å². The average Bonchev–Trinajstić information content (AvgIpc) is 3.10. The van der Waals surface area contributed by atoms with Crippen molar-refractivity contribution in [2.45, 2.75) is 42.2 Å². The Labute approximate surface area is 171 Å². The normalized spacial score (nSPS) is 20.6. The summed E-state index contributed by atoms with van der Waals surface area (Å²) in [4.78, 5) is 1.55. The molecule has 0 aliphatic carbocycles. The lowest BCUT2D eigenvalue weighted by Crippen LogP contribution is -2.53. The van der Waals surface area contributed by atoms with Crippen LogP contribution in [0.15, 0.2) is 58.3 Å². The van der Waals surface area contributed by atoms with Gasteiger partial charge in [0.15, 0.2) is 0 Å². The highest BCUT2D eigenvalue weighted by molar-refractivity contribution is 7.97. The molecule has 2 aliphatic heterocycles. The van der Waals surface area contributed by atoms with Crippen LogP contribution in [-0.2, 0) is 14.8 Å². The van der Waals surface area contributed by atoms with Crippen LogP contribution in [-0.4, -0.2) is 49.0 Å². The minimum Gasteiger partial charge on any atom is -0.358 e. The van der Waals surface area contributed by atoms with Crippen molar-refractivity contribution in [1.82, 2.24) is 8.61 Å². The van der Waals surface area contributed by atoms with Gasteiger partial charge in [-0.3, -0.25) is 0 Å².